The van der Waals surface area contributed by atoms with Gasteiger partial charge >= 0.3 is 0 Å². The summed E-state index contributed by atoms with van der Waals surface area (Å²) in [6.45, 7) is 5.68. The predicted molar refractivity (Wildman–Crippen MR) is 56.8 cm³/mol. The third-order valence-electron chi connectivity index (χ3n) is 2.05. The van der Waals surface area contributed by atoms with Crippen molar-refractivity contribution in [2.45, 2.75) is 27.2 Å². The number of aromatic nitrogens is 2. The minimum atomic E-state index is -0.343. The van der Waals surface area contributed by atoms with E-state index in [-0.39, 0.29) is 11.2 Å². The maximum Gasteiger partial charge on any atom is 0.232 e. The number of carbonyl (C=O) groups excluding carboxylic acids is 1. The topological polar surface area (TPSA) is 52.1 Å². The van der Waals surface area contributed by atoms with Crippen LogP contribution in [0.1, 0.15) is 26.5 Å². The Hall–Kier alpha value is -1.45. The minimum absolute atomic E-state index is 0.144. The van der Waals surface area contributed by atoms with Crippen LogP contribution >= 0.6 is 0 Å². The molecule has 4 nitrogen and oxygen atoms in total. The van der Waals surface area contributed by atoms with Gasteiger partial charge in [-0.3, -0.25) is 9.78 Å². The van der Waals surface area contributed by atoms with E-state index < -0.39 is 0 Å². The zero-order valence-corrected chi connectivity index (χ0v) is 9.57. The van der Waals surface area contributed by atoms with Crippen LogP contribution in [-0.4, -0.2) is 22.9 Å². The molecule has 0 amide bonds. The van der Waals surface area contributed by atoms with E-state index in [2.05, 4.69) is 9.97 Å². The lowest BCUT2D eigenvalue weighted by Gasteiger charge is -2.15. The molecule has 1 heterocycles. The van der Waals surface area contributed by atoms with Crippen LogP contribution in [0, 0.1) is 5.41 Å². The van der Waals surface area contributed by atoms with E-state index in [9.17, 15) is 4.79 Å². The number of Topliss-reactive ketones (excluding diaryl/α,β-unsaturated/α-hetero) is 1. The highest BCUT2D eigenvalue weighted by atomic mass is 16.5. The number of ether oxygens (including phenoxy) is 1. The molecular formula is C11H16N2O2. The van der Waals surface area contributed by atoms with E-state index >= 15 is 0 Å². The molecule has 15 heavy (non-hydrogen) atoms. The lowest BCUT2D eigenvalue weighted by Crippen LogP contribution is -2.22. The average molecular weight is 208 g/mol. The van der Waals surface area contributed by atoms with Crippen molar-refractivity contribution in [1.82, 2.24) is 9.97 Å². The van der Waals surface area contributed by atoms with Gasteiger partial charge in [-0.05, 0) is 0 Å². The van der Waals surface area contributed by atoms with Crippen molar-refractivity contribution in [3.63, 3.8) is 0 Å². The summed E-state index contributed by atoms with van der Waals surface area (Å²) in [6, 6.07) is 0. The molecule has 0 fully saturated rings. The summed E-state index contributed by atoms with van der Waals surface area (Å²) in [4.78, 5) is 19.8. The van der Waals surface area contributed by atoms with Gasteiger partial charge < -0.3 is 4.74 Å². The Balaban J connectivity index is 2.77. The van der Waals surface area contributed by atoms with Gasteiger partial charge in [0, 0.05) is 11.6 Å². The number of hydrogen-bond donors (Lipinski definition) is 0. The van der Waals surface area contributed by atoms with Gasteiger partial charge in [0.05, 0.1) is 25.4 Å². The second-order valence-electron chi connectivity index (χ2n) is 4.40. The Morgan fingerprint density at radius 1 is 1.40 bits per heavy atom. The third kappa shape index (κ3) is 3.31. The van der Waals surface area contributed by atoms with Crippen LogP contribution in [0.3, 0.4) is 0 Å². The van der Waals surface area contributed by atoms with Crippen LogP contribution in [-0.2, 0) is 11.2 Å². The Morgan fingerprint density at radius 2 is 2.07 bits per heavy atom. The number of ketones is 1. The first-order chi connectivity index (χ1) is 6.93. The van der Waals surface area contributed by atoms with Gasteiger partial charge in [0.1, 0.15) is 5.78 Å². The SMILES string of the molecule is COc1cncc(CC(=O)C(C)(C)C)n1. The number of rotatable bonds is 3. The van der Waals surface area contributed by atoms with Crippen molar-refractivity contribution in [3.8, 4) is 5.88 Å². The van der Waals surface area contributed by atoms with Crippen molar-refractivity contribution in [2.24, 2.45) is 5.41 Å². The molecule has 0 aliphatic heterocycles. The van der Waals surface area contributed by atoms with Crippen molar-refractivity contribution in [1.29, 1.82) is 0 Å². The van der Waals surface area contributed by atoms with Crippen LogP contribution in [0.15, 0.2) is 12.4 Å². The molecule has 1 aromatic heterocycles. The zero-order valence-electron chi connectivity index (χ0n) is 9.57. The first kappa shape index (κ1) is 11.6. The molecular weight excluding hydrogens is 192 g/mol. The molecule has 0 saturated heterocycles. The van der Waals surface area contributed by atoms with Gasteiger partial charge in [0.15, 0.2) is 0 Å². The first-order valence-electron chi connectivity index (χ1n) is 4.81. The Labute approximate surface area is 89.7 Å². The van der Waals surface area contributed by atoms with Gasteiger partial charge in [0.25, 0.3) is 0 Å². The molecule has 0 spiro atoms. The molecule has 1 aromatic rings. The van der Waals surface area contributed by atoms with Gasteiger partial charge in [-0.2, -0.15) is 0 Å². The van der Waals surface area contributed by atoms with Crippen LogP contribution in [0.2, 0.25) is 0 Å². The Morgan fingerprint density at radius 3 is 2.60 bits per heavy atom. The lowest BCUT2D eigenvalue weighted by atomic mass is 9.88. The molecule has 1 rings (SSSR count). The van der Waals surface area contributed by atoms with E-state index in [0.717, 1.165) is 0 Å². The van der Waals surface area contributed by atoms with Crippen LogP contribution in [0.5, 0.6) is 5.88 Å². The summed E-state index contributed by atoms with van der Waals surface area (Å²) in [5, 5.41) is 0. The first-order valence-corrected chi connectivity index (χ1v) is 4.81. The number of carbonyl (C=O) groups is 1. The largest absolute Gasteiger partial charge is 0.480 e. The van der Waals surface area contributed by atoms with Gasteiger partial charge in [-0.15, -0.1) is 0 Å². The number of nitrogens with zero attached hydrogens (tertiary/aromatic N) is 2. The van der Waals surface area contributed by atoms with Gasteiger partial charge in [-0.25, -0.2) is 4.98 Å². The lowest BCUT2D eigenvalue weighted by molar-refractivity contribution is -0.125. The van der Waals surface area contributed by atoms with E-state index in [0.29, 0.717) is 18.0 Å². The highest BCUT2D eigenvalue weighted by Crippen LogP contribution is 2.17. The molecule has 0 aliphatic carbocycles. The summed E-state index contributed by atoms with van der Waals surface area (Å²) >= 11 is 0. The molecule has 4 heteroatoms. The summed E-state index contributed by atoms with van der Waals surface area (Å²) in [6.07, 6.45) is 3.41. The minimum Gasteiger partial charge on any atom is -0.480 e. The second-order valence-corrected chi connectivity index (χ2v) is 4.40. The maximum absolute atomic E-state index is 11.7. The highest BCUT2D eigenvalue weighted by molar-refractivity contribution is 5.85. The van der Waals surface area contributed by atoms with E-state index in [1.807, 2.05) is 20.8 Å². The fraction of sp³-hybridized carbons (Fsp3) is 0.545. The molecule has 0 aromatic carbocycles. The number of methoxy groups -OCH3 is 1. The third-order valence-corrected chi connectivity index (χ3v) is 2.05. The normalized spacial score (nSPS) is 11.2. The monoisotopic (exact) mass is 208 g/mol. The fourth-order valence-corrected chi connectivity index (χ4v) is 1.000. The van der Waals surface area contributed by atoms with Crippen LogP contribution in [0.4, 0.5) is 0 Å². The van der Waals surface area contributed by atoms with Crippen molar-refractivity contribution in [3.05, 3.63) is 18.1 Å². The summed E-state index contributed by atoms with van der Waals surface area (Å²) in [5.74, 6) is 0.583. The molecule has 0 atom stereocenters. The zero-order chi connectivity index (χ0) is 11.5. The molecule has 82 valence electrons. The van der Waals surface area contributed by atoms with Crippen molar-refractivity contribution in [2.75, 3.05) is 7.11 Å². The molecule has 0 radical (unpaired) electrons. The van der Waals surface area contributed by atoms with E-state index in [1.54, 1.807) is 6.20 Å². The summed E-state index contributed by atoms with van der Waals surface area (Å²) in [5.41, 5.74) is 0.305. The molecule has 0 bridgehead atoms. The summed E-state index contributed by atoms with van der Waals surface area (Å²) < 4.78 is 4.94. The van der Waals surface area contributed by atoms with Crippen molar-refractivity contribution >= 4 is 5.78 Å². The Kier molecular flexibility index (Phi) is 3.39. The van der Waals surface area contributed by atoms with E-state index in [4.69, 9.17) is 4.74 Å². The van der Waals surface area contributed by atoms with Gasteiger partial charge in [0.2, 0.25) is 5.88 Å². The quantitative estimate of drug-likeness (QED) is 0.757. The second kappa shape index (κ2) is 4.38. The maximum atomic E-state index is 11.7. The molecule has 0 N–H and O–H groups in total. The standard InChI is InChI=1S/C11H16N2O2/c1-11(2,3)9(14)5-8-6-12-7-10(13-8)15-4/h6-7H,5H2,1-4H3. The number of hydrogen-bond acceptors (Lipinski definition) is 4. The van der Waals surface area contributed by atoms with Gasteiger partial charge in [-0.1, -0.05) is 20.8 Å². The summed E-state index contributed by atoms with van der Waals surface area (Å²) in [7, 11) is 1.53. The van der Waals surface area contributed by atoms with E-state index in [1.165, 1.54) is 13.3 Å². The molecule has 0 unspecified atom stereocenters. The Bertz CT molecular complexity index is 356. The average Bonchev–Trinajstić information content (AvgIpc) is 2.16. The molecule has 0 saturated carbocycles. The fourth-order valence-electron chi connectivity index (χ4n) is 1.000. The molecule has 0 aliphatic rings. The highest BCUT2D eigenvalue weighted by Gasteiger charge is 2.21. The van der Waals surface area contributed by atoms with Crippen molar-refractivity contribution < 1.29 is 9.53 Å². The smallest absolute Gasteiger partial charge is 0.232 e. The van der Waals surface area contributed by atoms with Crippen LogP contribution < -0.4 is 4.74 Å². The van der Waals surface area contributed by atoms with Crippen LogP contribution in [0.25, 0.3) is 0 Å². The predicted octanol–water partition coefficient (Wildman–Crippen LogP) is 1.64.